The van der Waals surface area contributed by atoms with Crippen molar-refractivity contribution in [2.45, 2.75) is 38.6 Å². The minimum absolute atomic E-state index is 0.143. The lowest BCUT2D eigenvalue weighted by Crippen LogP contribution is -2.55. The van der Waals surface area contributed by atoms with E-state index in [1.54, 1.807) is 23.2 Å². The number of rotatable bonds is 3. The summed E-state index contributed by atoms with van der Waals surface area (Å²) in [5.41, 5.74) is 3.67. The van der Waals surface area contributed by atoms with E-state index in [9.17, 15) is 19.5 Å². The van der Waals surface area contributed by atoms with Gasteiger partial charge in [-0.3, -0.25) is 19.4 Å². The van der Waals surface area contributed by atoms with E-state index in [4.69, 9.17) is 0 Å². The molecule has 28 heavy (non-hydrogen) atoms. The Bertz CT molecular complexity index is 957. The SMILES string of the molecule is CC(=O)Nc1ccc(-c2ccc3c(c2)CN(C2CCC(=O)NC2O)C3=O)nc1. The maximum atomic E-state index is 12.8. The fourth-order valence-electron chi connectivity index (χ4n) is 3.71. The summed E-state index contributed by atoms with van der Waals surface area (Å²) in [6, 6.07) is 8.67. The van der Waals surface area contributed by atoms with Crippen LogP contribution < -0.4 is 10.6 Å². The van der Waals surface area contributed by atoms with Crippen molar-refractivity contribution in [1.82, 2.24) is 15.2 Å². The van der Waals surface area contributed by atoms with E-state index in [0.29, 0.717) is 24.2 Å². The summed E-state index contributed by atoms with van der Waals surface area (Å²) in [7, 11) is 0. The van der Waals surface area contributed by atoms with E-state index in [2.05, 4.69) is 15.6 Å². The summed E-state index contributed by atoms with van der Waals surface area (Å²) in [6.07, 6.45) is 1.26. The number of benzene rings is 1. The number of piperidine rings is 1. The highest BCUT2D eigenvalue weighted by atomic mass is 16.3. The van der Waals surface area contributed by atoms with Crippen LogP contribution >= 0.6 is 0 Å². The standard InChI is InChI=1S/C20H20N4O4/c1-11(25)22-14-3-5-16(21-9-14)12-2-4-15-13(8-12)10-24(20(15)28)17-6-7-18(26)23-19(17)27/h2-5,8-9,17,19,27H,6-7,10H2,1H3,(H,22,25)(H,23,26). The van der Waals surface area contributed by atoms with Crippen LogP contribution in [0, 0.1) is 0 Å². The van der Waals surface area contributed by atoms with Gasteiger partial charge in [-0.1, -0.05) is 6.07 Å². The van der Waals surface area contributed by atoms with Gasteiger partial charge in [0.05, 0.1) is 23.6 Å². The topological polar surface area (TPSA) is 112 Å². The average Bonchev–Trinajstić information content (AvgIpc) is 2.98. The normalized spacial score (nSPS) is 21.3. The first kappa shape index (κ1) is 18.1. The Kier molecular flexibility index (Phi) is 4.56. The second-order valence-corrected chi connectivity index (χ2v) is 7.04. The highest BCUT2D eigenvalue weighted by Crippen LogP contribution is 2.31. The monoisotopic (exact) mass is 380 g/mol. The van der Waals surface area contributed by atoms with Gasteiger partial charge in [0, 0.05) is 31.0 Å². The first-order chi connectivity index (χ1) is 13.4. The molecule has 1 saturated heterocycles. The maximum Gasteiger partial charge on any atom is 0.254 e. The van der Waals surface area contributed by atoms with Crippen LogP contribution in [0.4, 0.5) is 5.69 Å². The zero-order valence-electron chi connectivity index (χ0n) is 15.3. The fourth-order valence-corrected chi connectivity index (χ4v) is 3.71. The number of hydrogen-bond acceptors (Lipinski definition) is 5. The van der Waals surface area contributed by atoms with E-state index in [-0.39, 0.29) is 24.1 Å². The lowest BCUT2D eigenvalue weighted by atomic mass is 10.0. The minimum atomic E-state index is -1.05. The van der Waals surface area contributed by atoms with Crippen LogP contribution in [0.15, 0.2) is 36.5 Å². The highest BCUT2D eigenvalue weighted by Gasteiger charge is 2.38. The number of aliphatic hydroxyl groups is 1. The summed E-state index contributed by atoms with van der Waals surface area (Å²) < 4.78 is 0. The van der Waals surface area contributed by atoms with Crippen LogP contribution in [0.1, 0.15) is 35.7 Å². The molecule has 2 aliphatic heterocycles. The van der Waals surface area contributed by atoms with Gasteiger partial charge in [-0.15, -0.1) is 0 Å². The molecule has 1 aromatic carbocycles. The van der Waals surface area contributed by atoms with Crippen molar-refractivity contribution in [3.8, 4) is 11.3 Å². The van der Waals surface area contributed by atoms with Gasteiger partial charge in [-0.05, 0) is 36.2 Å². The number of aromatic nitrogens is 1. The number of pyridine rings is 1. The predicted molar refractivity (Wildman–Crippen MR) is 101 cm³/mol. The van der Waals surface area contributed by atoms with Gasteiger partial charge in [0.1, 0.15) is 6.23 Å². The van der Waals surface area contributed by atoms with Crippen molar-refractivity contribution in [2.24, 2.45) is 0 Å². The Morgan fingerprint density at radius 2 is 2.11 bits per heavy atom. The first-order valence-corrected chi connectivity index (χ1v) is 9.08. The summed E-state index contributed by atoms with van der Waals surface area (Å²) >= 11 is 0. The number of nitrogens with one attached hydrogen (secondary N) is 2. The molecule has 0 spiro atoms. The van der Waals surface area contributed by atoms with E-state index in [0.717, 1.165) is 16.8 Å². The third-order valence-corrected chi connectivity index (χ3v) is 5.06. The van der Waals surface area contributed by atoms with Crippen LogP contribution in [0.5, 0.6) is 0 Å². The number of nitrogens with zero attached hydrogens (tertiary/aromatic N) is 2. The Labute approximate surface area is 161 Å². The van der Waals surface area contributed by atoms with Crippen molar-refractivity contribution < 1.29 is 19.5 Å². The van der Waals surface area contributed by atoms with Crippen LogP contribution in [-0.2, 0) is 16.1 Å². The van der Waals surface area contributed by atoms with Crippen LogP contribution in [0.3, 0.4) is 0 Å². The summed E-state index contributed by atoms with van der Waals surface area (Å²) in [5.74, 6) is -0.508. The smallest absolute Gasteiger partial charge is 0.254 e. The summed E-state index contributed by atoms with van der Waals surface area (Å²) in [5, 5.41) is 15.3. The average molecular weight is 380 g/mol. The lowest BCUT2D eigenvalue weighted by Gasteiger charge is -2.35. The molecule has 4 rings (SSSR count). The summed E-state index contributed by atoms with van der Waals surface area (Å²) in [6.45, 7) is 1.81. The Morgan fingerprint density at radius 1 is 1.29 bits per heavy atom. The zero-order valence-corrected chi connectivity index (χ0v) is 15.3. The molecular weight excluding hydrogens is 360 g/mol. The van der Waals surface area contributed by atoms with Gasteiger partial charge in [-0.2, -0.15) is 0 Å². The van der Waals surface area contributed by atoms with Gasteiger partial charge in [0.15, 0.2) is 0 Å². The molecule has 2 atom stereocenters. The van der Waals surface area contributed by atoms with Crippen LogP contribution in [-0.4, -0.2) is 45.0 Å². The number of amides is 3. The number of hydrogen-bond donors (Lipinski definition) is 3. The van der Waals surface area contributed by atoms with Gasteiger partial charge < -0.3 is 20.6 Å². The van der Waals surface area contributed by atoms with Crippen LogP contribution in [0.25, 0.3) is 11.3 Å². The molecule has 3 amide bonds. The molecule has 2 aliphatic rings. The van der Waals surface area contributed by atoms with Crippen molar-refractivity contribution in [3.63, 3.8) is 0 Å². The zero-order chi connectivity index (χ0) is 19.8. The summed E-state index contributed by atoms with van der Waals surface area (Å²) in [4.78, 5) is 41.3. The maximum absolute atomic E-state index is 12.8. The predicted octanol–water partition coefficient (Wildman–Crippen LogP) is 1.26. The molecule has 1 fully saturated rings. The molecule has 8 nitrogen and oxygen atoms in total. The van der Waals surface area contributed by atoms with Gasteiger partial charge in [-0.25, -0.2) is 0 Å². The molecule has 144 valence electrons. The number of carbonyl (C=O) groups excluding carboxylic acids is 3. The highest BCUT2D eigenvalue weighted by molar-refractivity contribution is 5.99. The van der Waals surface area contributed by atoms with Crippen molar-refractivity contribution in [3.05, 3.63) is 47.7 Å². The van der Waals surface area contributed by atoms with Crippen LogP contribution in [0.2, 0.25) is 0 Å². The largest absolute Gasteiger partial charge is 0.372 e. The number of anilines is 1. The van der Waals surface area contributed by atoms with Gasteiger partial charge in [0.2, 0.25) is 11.8 Å². The van der Waals surface area contributed by atoms with E-state index in [1.807, 2.05) is 18.2 Å². The van der Waals surface area contributed by atoms with E-state index in [1.165, 1.54) is 6.92 Å². The van der Waals surface area contributed by atoms with Gasteiger partial charge >= 0.3 is 0 Å². The van der Waals surface area contributed by atoms with Crippen molar-refractivity contribution in [2.75, 3.05) is 5.32 Å². The Balaban J connectivity index is 1.55. The molecule has 3 N–H and O–H groups in total. The third kappa shape index (κ3) is 3.34. The molecule has 0 radical (unpaired) electrons. The lowest BCUT2D eigenvalue weighted by molar-refractivity contribution is -0.129. The molecule has 3 heterocycles. The fraction of sp³-hybridized carbons (Fsp3) is 0.300. The number of fused-ring (bicyclic) bond motifs is 1. The molecule has 8 heteroatoms. The molecule has 1 aromatic heterocycles. The van der Waals surface area contributed by atoms with E-state index < -0.39 is 12.3 Å². The number of aliphatic hydroxyl groups excluding tert-OH is 1. The third-order valence-electron chi connectivity index (χ3n) is 5.06. The van der Waals surface area contributed by atoms with Crippen molar-refractivity contribution >= 4 is 23.4 Å². The minimum Gasteiger partial charge on any atom is -0.372 e. The molecule has 2 unspecified atom stereocenters. The molecule has 2 aromatic rings. The molecule has 0 aliphatic carbocycles. The Hall–Kier alpha value is -3.26. The van der Waals surface area contributed by atoms with Gasteiger partial charge in [0.25, 0.3) is 5.91 Å². The molecular formula is C20H20N4O4. The first-order valence-electron chi connectivity index (χ1n) is 9.08. The second kappa shape index (κ2) is 7.05. The molecule has 0 saturated carbocycles. The Morgan fingerprint density at radius 3 is 2.79 bits per heavy atom. The van der Waals surface area contributed by atoms with Crippen molar-refractivity contribution in [1.29, 1.82) is 0 Å². The second-order valence-electron chi connectivity index (χ2n) is 7.04. The van der Waals surface area contributed by atoms with E-state index >= 15 is 0 Å². The molecule has 0 bridgehead atoms. The number of carbonyl (C=O) groups is 3. The quantitative estimate of drug-likeness (QED) is 0.742.